The Morgan fingerprint density at radius 3 is 2.79 bits per heavy atom. The van der Waals surface area contributed by atoms with Gasteiger partial charge in [-0.2, -0.15) is 0 Å². The summed E-state index contributed by atoms with van der Waals surface area (Å²) >= 11 is 0. The fourth-order valence-corrected chi connectivity index (χ4v) is 2.01. The maximum Gasteiger partial charge on any atom is 0.0693 e. The highest BCUT2D eigenvalue weighted by Gasteiger charge is 2.26. The molecular weight excluding hydrogens is 182 g/mol. The lowest BCUT2D eigenvalue weighted by Gasteiger charge is -2.23. The van der Waals surface area contributed by atoms with Gasteiger partial charge in [0.15, 0.2) is 0 Å². The Hall–Kier alpha value is -0.160. The number of aliphatic hydroxyl groups excluding tert-OH is 2. The first-order chi connectivity index (χ1) is 6.77. The molecule has 4 nitrogen and oxygen atoms in total. The van der Waals surface area contributed by atoms with Crippen molar-refractivity contribution in [1.29, 1.82) is 0 Å². The summed E-state index contributed by atoms with van der Waals surface area (Å²) in [5.41, 5.74) is 0. The summed E-state index contributed by atoms with van der Waals surface area (Å²) in [6.07, 6.45) is 3.44. The van der Waals surface area contributed by atoms with Gasteiger partial charge in [-0.25, -0.2) is 0 Å². The van der Waals surface area contributed by atoms with Gasteiger partial charge < -0.3 is 20.3 Å². The van der Waals surface area contributed by atoms with Gasteiger partial charge in [0.25, 0.3) is 0 Å². The topological polar surface area (TPSA) is 61.7 Å². The van der Waals surface area contributed by atoms with Crippen molar-refractivity contribution in [3.05, 3.63) is 0 Å². The minimum atomic E-state index is -0.229. The zero-order valence-electron chi connectivity index (χ0n) is 8.78. The second-order valence-corrected chi connectivity index (χ2v) is 3.94. The van der Waals surface area contributed by atoms with Crippen LogP contribution < -0.4 is 5.32 Å². The van der Waals surface area contributed by atoms with E-state index in [-0.39, 0.29) is 24.8 Å². The van der Waals surface area contributed by atoms with Crippen LogP contribution in [0, 0.1) is 0 Å². The van der Waals surface area contributed by atoms with Crippen molar-refractivity contribution in [2.45, 2.75) is 43.9 Å². The van der Waals surface area contributed by atoms with Crippen molar-refractivity contribution in [3.8, 4) is 0 Å². The molecule has 0 aromatic rings. The minimum Gasteiger partial charge on any atom is -0.396 e. The van der Waals surface area contributed by atoms with Crippen LogP contribution in [0.3, 0.4) is 0 Å². The van der Waals surface area contributed by atoms with Crippen molar-refractivity contribution in [2.75, 3.05) is 20.3 Å². The van der Waals surface area contributed by atoms with E-state index in [2.05, 4.69) is 5.32 Å². The summed E-state index contributed by atoms with van der Waals surface area (Å²) < 4.78 is 5.05. The lowest BCUT2D eigenvalue weighted by atomic mass is 10.1. The molecule has 0 heterocycles. The second-order valence-electron chi connectivity index (χ2n) is 3.94. The van der Waals surface area contributed by atoms with E-state index in [0.29, 0.717) is 13.0 Å². The van der Waals surface area contributed by atoms with E-state index in [1.165, 1.54) is 0 Å². The molecule has 0 amide bonds. The van der Waals surface area contributed by atoms with Crippen LogP contribution >= 0.6 is 0 Å². The van der Waals surface area contributed by atoms with Gasteiger partial charge in [-0.1, -0.05) is 0 Å². The number of methoxy groups -OCH3 is 1. The van der Waals surface area contributed by atoms with Crippen LogP contribution in [0.4, 0.5) is 0 Å². The van der Waals surface area contributed by atoms with E-state index < -0.39 is 0 Å². The van der Waals surface area contributed by atoms with Crippen LogP contribution in [-0.4, -0.2) is 48.7 Å². The van der Waals surface area contributed by atoms with Crippen molar-refractivity contribution in [2.24, 2.45) is 0 Å². The van der Waals surface area contributed by atoms with E-state index >= 15 is 0 Å². The first-order valence-electron chi connectivity index (χ1n) is 5.32. The average molecular weight is 203 g/mol. The van der Waals surface area contributed by atoms with E-state index in [9.17, 15) is 5.11 Å². The SMILES string of the molecule is COCC(CCO)N[C@@H]1CCC[C@H]1O. The molecule has 0 aliphatic heterocycles. The lowest BCUT2D eigenvalue weighted by molar-refractivity contribution is 0.108. The molecule has 3 N–H and O–H groups in total. The Labute approximate surface area is 85.3 Å². The number of aliphatic hydroxyl groups is 2. The third kappa shape index (κ3) is 3.53. The molecule has 4 heteroatoms. The van der Waals surface area contributed by atoms with Gasteiger partial charge in [-0.15, -0.1) is 0 Å². The Morgan fingerprint density at radius 2 is 2.29 bits per heavy atom. The molecule has 0 radical (unpaired) electrons. The molecule has 0 spiro atoms. The first-order valence-corrected chi connectivity index (χ1v) is 5.32. The van der Waals surface area contributed by atoms with E-state index in [4.69, 9.17) is 9.84 Å². The zero-order chi connectivity index (χ0) is 10.4. The molecule has 1 fully saturated rings. The summed E-state index contributed by atoms with van der Waals surface area (Å²) in [7, 11) is 1.65. The van der Waals surface area contributed by atoms with Gasteiger partial charge in [-0.05, 0) is 25.7 Å². The number of hydrogen-bond donors (Lipinski definition) is 3. The Balaban J connectivity index is 2.29. The highest BCUT2D eigenvalue weighted by Crippen LogP contribution is 2.19. The largest absolute Gasteiger partial charge is 0.396 e. The molecule has 3 atom stereocenters. The molecule has 1 rings (SSSR count). The summed E-state index contributed by atoms with van der Waals surface area (Å²) in [5.74, 6) is 0. The van der Waals surface area contributed by atoms with E-state index in [0.717, 1.165) is 19.3 Å². The number of hydrogen-bond acceptors (Lipinski definition) is 4. The van der Waals surface area contributed by atoms with Crippen LogP contribution in [0.5, 0.6) is 0 Å². The molecule has 1 saturated carbocycles. The highest BCUT2D eigenvalue weighted by atomic mass is 16.5. The van der Waals surface area contributed by atoms with Gasteiger partial charge in [-0.3, -0.25) is 0 Å². The van der Waals surface area contributed by atoms with Gasteiger partial charge in [0, 0.05) is 25.8 Å². The minimum absolute atomic E-state index is 0.155. The lowest BCUT2D eigenvalue weighted by Crippen LogP contribution is -2.45. The standard InChI is InChI=1S/C10H21NO3/c1-14-7-8(5-6-12)11-9-3-2-4-10(9)13/h8-13H,2-7H2,1H3/t8?,9-,10-/m1/s1. The summed E-state index contributed by atoms with van der Waals surface area (Å²) in [6, 6.07) is 0.337. The van der Waals surface area contributed by atoms with Crippen molar-refractivity contribution in [3.63, 3.8) is 0 Å². The maximum absolute atomic E-state index is 9.61. The third-order valence-electron chi connectivity index (χ3n) is 2.77. The van der Waals surface area contributed by atoms with Gasteiger partial charge in [0.2, 0.25) is 0 Å². The molecular formula is C10H21NO3. The fourth-order valence-electron chi connectivity index (χ4n) is 2.01. The van der Waals surface area contributed by atoms with Crippen molar-refractivity contribution >= 4 is 0 Å². The van der Waals surface area contributed by atoms with Crippen molar-refractivity contribution < 1.29 is 14.9 Å². The van der Waals surface area contributed by atoms with Gasteiger partial charge in [0.05, 0.1) is 12.7 Å². The molecule has 0 saturated heterocycles. The Bertz CT molecular complexity index is 148. The average Bonchev–Trinajstić information content (AvgIpc) is 2.53. The second kappa shape index (κ2) is 6.35. The van der Waals surface area contributed by atoms with Crippen LogP contribution in [0.15, 0.2) is 0 Å². The van der Waals surface area contributed by atoms with Gasteiger partial charge in [0.1, 0.15) is 0 Å². The summed E-state index contributed by atoms with van der Waals surface area (Å²) in [4.78, 5) is 0. The number of ether oxygens (including phenoxy) is 1. The third-order valence-corrected chi connectivity index (χ3v) is 2.77. The Kier molecular flexibility index (Phi) is 5.40. The summed E-state index contributed by atoms with van der Waals surface area (Å²) in [5, 5.41) is 21.8. The number of rotatable bonds is 6. The molecule has 0 aromatic carbocycles. The quantitative estimate of drug-likeness (QED) is 0.563. The van der Waals surface area contributed by atoms with Crippen LogP contribution in [0.25, 0.3) is 0 Å². The molecule has 0 aromatic heterocycles. The molecule has 1 aliphatic carbocycles. The highest BCUT2D eigenvalue weighted by molar-refractivity contribution is 4.85. The van der Waals surface area contributed by atoms with E-state index in [1.807, 2.05) is 0 Å². The smallest absolute Gasteiger partial charge is 0.0693 e. The first kappa shape index (κ1) is 11.9. The summed E-state index contributed by atoms with van der Waals surface area (Å²) in [6.45, 7) is 0.744. The normalized spacial score (nSPS) is 29.4. The monoisotopic (exact) mass is 203 g/mol. The van der Waals surface area contributed by atoms with Crippen LogP contribution in [0.2, 0.25) is 0 Å². The zero-order valence-corrected chi connectivity index (χ0v) is 8.78. The molecule has 0 bridgehead atoms. The maximum atomic E-state index is 9.61. The van der Waals surface area contributed by atoms with Crippen LogP contribution in [0.1, 0.15) is 25.7 Å². The predicted octanol–water partition coefficient (Wildman–Crippen LogP) is -0.113. The number of nitrogens with one attached hydrogen (secondary N) is 1. The predicted molar refractivity (Wildman–Crippen MR) is 54.1 cm³/mol. The van der Waals surface area contributed by atoms with Crippen molar-refractivity contribution in [1.82, 2.24) is 5.32 Å². The van der Waals surface area contributed by atoms with E-state index in [1.54, 1.807) is 7.11 Å². The molecule has 84 valence electrons. The molecule has 1 aliphatic rings. The Morgan fingerprint density at radius 1 is 1.50 bits per heavy atom. The van der Waals surface area contributed by atoms with Gasteiger partial charge >= 0.3 is 0 Å². The molecule has 14 heavy (non-hydrogen) atoms. The fraction of sp³-hybridized carbons (Fsp3) is 1.00. The molecule has 1 unspecified atom stereocenters. The van der Waals surface area contributed by atoms with Crippen LogP contribution in [-0.2, 0) is 4.74 Å².